The van der Waals surface area contributed by atoms with Gasteiger partial charge in [0, 0.05) is 29.5 Å². The first-order chi connectivity index (χ1) is 16.2. The van der Waals surface area contributed by atoms with Crippen molar-refractivity contribution >= 4 is 44.1 Å². The summed E-state index contributed by atoms with van der Waals surface area (Å²) in [5, 5.41) is 5.40. The van der Waals surface area contributed by atoms with E-state index in [2.05, 4.69) is 24.8 Å². The first-order valence-corrected chi connectivity index (χ1v) is 12.4. The summed E-state index contributed by atoms with van der Waals surface area (Å²) in [5.41, 5.74) is 3.98. The number of nitrogens with one attached hydrogen (secondary N) is 2. The summed E-state index contributed by atoms with van der Waals surface area (Å²) >= 11 is 6.21. The molecule has 0 aliphatic heterocycles. The summed E-state index contributed by atoms with van der Waals surface area (Å²) < 4.78 is 29.1. The molecule has 0 unspecified atom stereocenters. The van der Waals surface area contributed by atoms with Crippen LogP contribution in [0.3, 0.4) is 0 Å². The fourth-order valence-electron chi connectivity index (χ4n) is 3.34. The number of pyridine rings is 2. The van der Waals surface area contributed by atoms with E-state index in [1.54, 1.807) is 36.7 Å². The van der Waals surface area contributed by atoms with Gasteiger partial charge in [-0.15, -0.1) is 0 Å². The van der Waals surface area contributed by atoms with E-state index in [0.717, 1.165) is 16.5 Å². The van der Waals surface area contributed by atoms with Gasteiger partial charge in [0.25, 0.3) is 10.0 Å². The molecule has 4 rings (SSSR count). The van der Waals surface area contributed by atoms with Crippen molar-refractivity contribution < 1.29 is 13.3 Å². The Bertz CT molecular complexity index is 1500. The number of H-pyrrole nitrogens is 1. The van der Waals surface area contributed by atoms with E-state index >= 15 is 0 Å². The Balaban J connectivity index is 1.86. The van der Waals surface area contributed by atoms with Crippen LogP contribution in [-0.4, -0.2) is 35.2 Å². The second-order valence-electron chi connectivity index (χ2n) is 8.09. The lowest BCUT2D eigenvalue weighted by Gasteiger charge is -2.15. The molecule has 34 heavy (non-hydrogen) atoms. The molecule has 0 spiro atoms. The fourth-order valence-corrected chi connectivity index (χ4v) is 4.64. The zero-order valence-electron chi connectivity index (χ0n) is 19.1. The van der Waals surface area contributed by atoms with Crippen LogP contribution in [0.25, 0.3) is 11.0 Å². The average molecular weight is 498 g/mol. The highest BCUT2D eigenvalue weighted by Gasteiger charge is 2.23. The zero-order valence-corrected chi connectivity index (χ0v) is 20.7. The van der Waals surface area contributed by atoms with E-state index in [0.29, 0.717) is 16.9 Å². The SMILES string of the molecule is Cc1ccc(S(=O)(=O)Nc2cc(Cl)cnc2/C(=N/OC(C)C)c2ccnc3[nH]ccc23)cc1C. The lowest BCUT2D eigenvalue weighted by atomic mass is 10.0. The van der Waals surface area contributed by atoms with E-state index in [1.165, 1.54) is 12.3 Å². The molecule has 10 heteroatoms. The van der Waals surface area contributed by atoms with Crippen molar-refractivity contribution in [2.45, 2.75) is 38.7 Å². The number of oxime groups is 1. The third-order valence-electron chi connectivity index (χ3n) is 5.18. The Morgan fingerprint density at radius 3 is 2.65 bits per heavy atom. The molecule has 4 aromatic rings. The standard InChI is InChI=1S/C24H24ClN5O3S/c1-14(2)33-29-22(19-7-9-26-24-20(19)8-10-27-24)23-21(12-17(25)13-28-23)30-34(31,32)18-6-5-15(3)16(4)11-18/h5-14,30H,1-4H3,(H,26,27)/b29-22+. The van der Waals surface area contributed by atoms with Crippen LogP contribution >= 0.6 is 11.6 Å². The van der Waals surface area contributed by atoms with Gasteiger partial charge in [0.2, 0.25) is 0 Å². The molecular weight excluding hydrogens is 474 g/mol. The van der Waals surface area contributed by atoms with Crippen LogP contribution < -0.4 is 4.72 Å². The Morgan fingerprint density at radius 1 is 1.12 bits per heavy atom. The van der Waals surface area contributed by atoms with Crippen LogP contribution in [0.1, 0.15) is 36.2 Å². The van der Waals surface area contributed by atoms with Crippen LogP contribution in [0, 0.1) is 13.8 Å². The Hall–Kier alpha value is -3.43. The number of rotatable bonds is 7. The number of aromatic amines is 1. The number of halogens is 1. The first kappa shape index (κ1) is 23.7. The Labute approximate surface area is 203 Å². The van der Waals surface area contributed by atoms with E-state index in [4.69, 9.17) is 16.4 Å². The average Bonchev–Trinajstić information content (AvgIpc) is 3.26. The van der Waals surface area contributed by atoms with Gasteiger partial charge in [-0.2, -0.15) is 0 Å². The number of aromatic nitrogens is 3. The van der Waals surface area contributed by atoms with Gasteiger partial charge in [-0.3, -0.25) is 9.71 Å². The normalized spacial score (nSPS) is 12.4. The summed E-state index contributed by atoms with van der Waals surface area (Å²) in [7, 11) is -3.93. The molecule has 0 saturated carbocycles. The van der Waals surface area contributed by atoms with Gasteiger partial charge in [0.05, 0.1) is 15.6 Å². The van der Waals surface area contributed by atoms with Crippen molar-refractivity contribution in [3.05, 3.63) is 82.4 Å². The molecule has 0 fully saturated rings. The first-order valence-electron chi connectivity index (χ1n) is 10.6. The lowest BCUT2D eigenvalue weighted by Crippen LogP contribution is -2.18. The number of hydrogen-bond donors (Lipinski definition) is 2. The third-order valence-corrected chi connectivity index (χ3v) is 6.75. The van der Waals surface area contributed by atoms with E-state index in [1.807, 2.05) is 33.8 Å². The molecule has 8 nitrogen and oxygen atoms in total. The largest absolute Gasteiger partial charge is 0.393 e. The monoisotopic (exact) mass is 497 g/mol. The predicted octanol–water partition coefficient (Wildman–Crippen LogP) is 5.21. The van der Waals surface area contributed by atoms with E-state index < -0.39 is 10.0 Å². The summed E-state index contributed by atoms with van der Waals surface area (Å²) in [5.74, 6) is 0. The predicted molar refractivity (Wildman–Crippen MR) is 134 cm³/mol. The highest BCUT2D eigenvalue weighted by atomic mass is 35.5. The molecule has 0 radical (unpaired) electrons. The van der Waals surface area contributed by atoms with Crippen LogP contribution in [0.5, 0.6) is 0 Å². The van der Waals surface area contributed by atoms with Gasteiger partial charge in [0.1, 0.15) is 23.2 Å². The number of benzene rings is 1. The van der Waals surface area contributed by atoms with E-state index in [9.17, 15) is 8.42 Å². The Kier molecular flexibility index (Phi) is 6.58. The molecule has 0 amide bonds. The smallest absolute Gasteiger partial charge is 0.261 e. The maximum Gasteiger partial charge on any atom is 0.261 e. The van der Waals surface area contributed by atoms with Crippen molar-refractivity contribution in [2.75, 3.05) is 4.72 Å². The molecule has 0 bridgehead atoms. The summed E-state index contributed by atoms with van der Waals surface area (Å²) in [6, 6.07) is 10.1. The van der Waals surface area contributed by atoms with Gasteiger partial charge in [-0.05, 0) is 69.2 Å². The number of nitrogens with zero attached hydrogens (tertiary/aromatic N) is 3. The van der Waals surface area contributed by atoms with Crippen molar-refractivity contribution in [3.63, 3.8) is 0 Å². The number of anilines is 1. The molecule has 1 aromatic carbocycles. The summed E-state index contributed by atoms with van der Waals surface area (Å²) in [4.78, 5) is 17.5. The molecule has 0 saturated heterocycles. The molecular formula is C24H24ClN5O3S. The topological polar surface area (TPSA) is 109 Å². The quantitative estimate of drug-likeness (QED) is 0.269. The second kappa shape index (κ2) is 9.44. The molecule has 3 aromatic heterocycles. The minimum absolute atomic E-state index is 0.135. The van der Waals surface area contributed by atoms with Crippen molar-refractivity contribution in [2.24, 2.45) is 5.16 Å². The van der Waals surface area contributed by atoms with Gasteiger partial charge >= 0.3 is 0 Å². The number of fused-ring (bicyclic) bond motifs is 1. The maximum atomic E-state index is 13.3. The van der Waals surface area contributed by atoms with Gasteiger partial charge < -0.3 is 9.82 Å². The fraction of sp³-hybridized carbons (Fsp3) is 0.208. The summed E-state index contributed by atoms with van der Waals surface area (Å²) in [6.07, 6.45) is 4.63. The van der Waals surface area contributed by atoms with Crippen LogP contribution in [0.15, 0.2) is 65.0 Å². The highest BCUT2D eigenvalue weighted by molar-refractivity contribution is 7.92. The van der Waals surface area contributed by atoms with Crippen LogP contribution in [0.4, 0.5) is 5.69 Å². The molecule has 0 atom stereocenters. The number of hydrogen-bond acceptors (Lipinski definition) is 6. The second-order valence-corrected chi connectivity index (χ2v) is 10.2. The van der Waals surface area contributed by atoms with E-state index in [-0.39, 0.29) is 27.4 Å². The zero-order chi connectivity index (χ0) is 24.5. The minimum atomic E-state index is -3.93. The highest BCUT2D eigenvalue weighted by Crippen LogP contribution is 2.28. The van der Waals surface area contributed by atoms with Gasteiger partial charge in [-0.1, -0.05) is 22.8 Å². The summed E-state index contributed by atoms with van der Waals surface area (Å²) in [6.45, 7) is 7.47. The molecule has 0 aliphatic rings. The minimum Gasteiger partial charge on any atom is -0.393 e. The van der Waals surface area contributed by atoms with Crippen LogP contribution in [-0.2, 0) is 14.9 Å². The number of sulfonamides is 1. The van der Waals surface area contributed by atoms with Crippen molar-refractivity contribution in [1.82, 2.24) is 15.0 Å². The molecule has 2 N–H and O–H groups in total. The maximum absolute atomic E-state index is 13.3. The van der Waals surface area contributed by atoms with Crippen molar-refractivity contribution in [1.29, 1.82) is 0 Å². The van der Waals surface area contributed by atoms with Crippen molar-refractivity contribution in [3.8, 4) is 0 Å². The van der Waals surface area contributed by atoms with Crippen LogP contribution in [0.2, 0.25) is 5.02 Å². The number of aryl methyl sites for hydroxylation is 2. The molecule has 176 valence electrons. The molecule has 3 heterocycles. The van der Waals surface area contributed by atoms with Gasteiger partial charge in [0.15, 0.2) is 0 Å². The Morgan fingerprint density at radius 2 is 1.91 bits per heavy atom. The third kappa shape index (κ3) is 4.90. The van der Waals surface area contributed by atoms with Gasteiger partial charge in [-0.25, -0.2) is 13.4 Å². The lowest BCUT2D eigenvalue weighted by molar-refractivity contribution is 0.0862. The molecule has 0 aliphatic carbocycles.